The summed E-state index contributed by atoms with van der Waals surface area (Å²) in [7, 11) is 0. The number of hydrogen-bond donors (Lipinski definition) is 2. The molecule has 2 N–H and O–H groups in total. The van der Waals surface area contributed by atoms with Gasteiger partial charge in [-0.15, -0.1) is 23.7 Å². The van der Waals surface area contributed by atoms with E-state index in [0.29, 0.717) is 6.04 Å². The second kappa shape index (κ2) is 8.16. The number of hydrogen-bond acceptors (Lipinski definition) is 4. The fourth-order valence-corrected chi connectivity index (χ4v) is 4.38. The molecular formula is C20H22ClN3OS. The predicted molar refractivity (Wildman–Crippen MR) is 111 cm³/mol. The van der Waals surface area contributed by atoms with Crippen LogP contribution in [-0.4, -0.2) is 23.5 Å². The zero-order chi connectivity index (χ0) is 17.2. The van der Waals surface area contributed by atoms with Crippen LogP contribution in [0.25, 0.3) is 20.8 Å². The molecule has 1 aliphatic heterocycles. The average Bonchev–Trinajstić information content (AvgIpc) is 3.06. The molecule has 0 bridgehead atoms. The summed E-state index contributed by atoms with van der Waals surface area (Å²) in [6.45, 7) is 3.03. The van der Waals surface area contributed by atoms with Gasteiger partial charge in [-0.05, 0) is 50.6 Å². The van der Waals surface area contributed by atoms with Crippen LogP contribution < -0.4 is 10.6 Å². The Morgan fingerprint density at radius 2 is 1.96 bits per heavy atom. The number of halogens is 1. The molecule has 4 nitrogen and oxygen atoms in total. The number of nitrogens with zero attached hydrogens (tertiary/aromatic N) is 1. The Morgan fingerprint density at radius 1 is 1.19 bits per heavy atom. The highest BCUT2D eigenvalue weighted by molar-refractivity contribution is 7.21. The average molecular weight is 388 g/mol. The topological polar surface area (TPSA) is 54.0 Å². The smallest absolute Gasteiger partial charge is 0.227 e. The first-order chi connectivity index (χ1) is 12.2. The maximum absolute atomic E-state index is 12.7. The molecule has 4 rings (SSSR count). The van der Waals surface area contributed by atoms with Gasteiger partial charge in [0.05, 0.1) is 15.9 Å². The molecule has 0 unspecified atom stereocenters. The lowest BCUT2D eigenvalue weighted by Crippen LogP contribution is -2.40. The zero-order valence-electron chi connectivity index (χ0n) is 14.6. The third kappa shape index (κ3) is 3.90. The number of rotatable bonds is 3. The number of piperidine rings is 1. The number of anilines is 1. The molecule has 3 aromatic rings. The molecule has 2 atom stereocenters. The van der Waals surface area contributed by atoms with Crippen LogP contribution in [0.2, 0.25) is 0 Å². The number of aromatic nitrogens is 1. The second-order valence-corrected chi connectivity index (χ2v) is 7.63. The Kier molecular flexibility index (Phi) is 5.91. The van der Waals surface area contributed by atoms with Crippen LogP contribution in [-0.2, 0) is 4.79 Å². The van der Waals surface area contributed by atoms with Gasteiger partial charge >= 0.3 is 0 Å². The Morgan fingerprint density at radius 3 is 2.77 bits per heavy atom. The van der Waals surface area contributed by atoms with Gasteiger partial charge in [0.1, 0.15) is 5.01 Å². The number of nitrogens with one attached hydrogen (secondary N) is 2. The lowest BCUT2D eigenvalue weighted by Gasteiger charge is -2.27. The third-order valence-electron chi connectivity index (χ3n) is 4.70. The van der Waals surface area contributed by atoms with E-state index >= 15 is 0 Å². The first-order valence-corrected chi connectivity index (χ1v) is 9.51. The van der Waals surface area contributed by atoms with Crippen molar-refractivity contribution in [3.8, 4) is 10.6 Å². The van der Waals surface area contributed by atoms with E-state index in [1.165, 1.54) is 0 Å². The summed E-state index contributed by atoms with van der Waals surface area (Å²) in [5, 5.41) is 7.48. The summed E-state index contributed by atoms with van der Waals surface area (Å²) in [4.78, 5) is 17.4. The van der Waals surface area contributed by atoms with Crippen molar-refractivity contribution in [2.24, 2.45) is 5.92 Å². The summed E-state index contributed by atoms with van der Waals surface area (Å²) in [6, 6.07) is 16.4. The van der Waals surface area contributed by atoms with Crippen LogP contribution >= 0.6 is 23.7 Å². The number of fused-ring (bicyclic) bond motifs is 1. The summed E-state index contributed by atoms with van der Waals surface area (Å²) in [5.41, 5.74) is 2.83. The van der Waals surface area contributed by atoms with E-state index < -0.39 is 0 Å². The number of carbonyl (C=O) groups excluding carboxylic acids is 1. The van der Waals surface area contributed by atoms with E-state index in [1.807, 2.05) is 42.5 Å². The largest absolute Gasteiger partial charge is 0.325 e. The van der Waals surface area contributed by atoms with Gasteiger partial charge in [-0.25, -0.2) is 4.98 Å². The molecule has 1 fully saturated rings. The molecule has 0 aliphatic carbocycles. The minimum absolute atomic E-state index is 0. The Hall–Kier alpha value is -1.95. The van der Waals surface area contributed by atoms with Crippen molar-refractivity contribution in [2.75, 3.05) is 11.9 Å². The van der Waals surface area contributed by atoms with E-state index in [1.54, 1.807) is 11.3 Å². The molecule has 1 amide bonds. The maximum Gasteiger partial charge on any atom is 0.227 e. The van der Waals surface area contributed by atoms with Crippen LogP contribution in [0.3, 0.4) is 0 Å². The van der Waals surface area contributed by atoms with Crippen molar-refractivity contribution in [3.63, 3.8) is 0 Å². The molecule has 0 spiro atoms. The van der Waals surface area contributed by atoms with Gasteiger partial charge in [0.25, 0.3) is 0 Å². The summed E-state index contributed by atoms with van der Waals surface area (Å²) >= 11 is 1.66. The normalized spacial score (nSPS) is 19.7. The number of benzene rings is 2. The molecule has 2 aromatic carbocycles. The van der Waals surface area contributed by atoms with E-state index in [2.05, 4.69) is 23.6 Å². The van der Waals surface area contributed by atoms with Crippen molar-refractivity contribution in [3.05, 3.63) is 48.5 Å². The molecule has 2 heterocycles. The fraction of sp³-hybridized carbons (Fsp3) is 0.300. The predicted octanol–water partition coefficient (Wildman–Crippen LogP) is 4.71. The van der Waals surface area contributed by atoms with Crippen LogP contribution in [0, 0.1) is 5.92 Å². The van der Waals surface area contributed by atoms with E-state index in [0.717, 1.165) is 45.9 Å². The van der Waals surface area contributed by atoms with Crippen molar-refractivity contribution in [1.82, 2.24) is 10.3 Å². The molecule has 136 valence electrons. The van der Waals surface area contributed by atoms with E-state index in [9.17, 15) is 4.79 Å². The number of para-hydroxylation sites is 2. The zero-order valence-corrected chi connectivity index (χ0v) is 16.2. The van der Waals surface area contributed by atoms with Crippen LogP contribution in [0.15, 0.2) is 48.5 Å². The van der Waals surface area contributed by atoms with Crippen LogP contribution in [0.1, 0.15) is 19.8 Å². The SMILES string of the molecule is C[C@H]1C[C@@H](C(=O)Nc2ccccc2-c2nc3ccccc3s2)CCN1.Cl. The number of amides is 1. The Labute approximate surface area is 163 Å². The molecule has 0 radical (unpaired) electrons. The lowest BCUT2D eigenvalue weighted by molar-refractivity contribution is -0.120. The quantitative estimate of drug-likeness (QED) is 0.684. The second-order valence-electron chi connectivity index (χ2n) is 6.60. The first-order valence-electron chi connectivity index (χ1n) is 8.70. The van der Waals surface area contributed by atoms with Crippen molar-refractivity contribution < 1.29 is 4.79 Å². The molecular weight excluding hydrogens is 366 g/mol. The summed E-state index contributed by atoms with van der Waals surface area (Å²) in [6.07, 6.45) is 1.77. The highest BCUT2D eigenvalue weighted by atomic mass is 35.5. The maximum atomic E-state index is 12.7. The van der Waals surface area contributed by atoms with Gasteiger partial charge < -0.3 is 10.6 Å². The molecule has 1 saturated heterocycles. The number of carbonyl (C=O) groups is 1. The minimum atomic E-state index is 0. The summed E-state index contributed by atoms with van der Waals surface area (Å²) in [5.74, 6) is 0.182. The molecule has 1 aliphatic rings. The van der Waals surface area contributed by atoms with Crippen molar-refractivity contribution >= 4 is 45.6 Å². The molecule has 26 heavy (non-hydrogen) atoms. The third-order valence-corrected chi connectivity index (χ3v) is 5.77. The van der Waals surface area contributed by atoms with Gasteiger partial charge in [0.15, 0.2) is 0 Å². The fourth-order valence-electron chi connectivity index (χ4n) is 3.37. The van der Waals surface area contributed by atoms with Gasteiger partial charge in [-0.1, -0.05) is 24.3 Å². The summed E-state index contributed by atoms with van der Waals surface area (Å²) < 4.78 is 1.16. The minimum Gasteiger partial charge on any atom is -0.325 e. The highest BCUT2D eigenvalue weighted by Crippen LogP contribution is 2.34. The van der Waals surface area contributed by atoms with Gasteiger partial charge in [0.2, 0.25) is 5.91 Å². The Bertz CT molecular complexity index is 878. The van der Waals surface area contributed by atoms with E-state index in [4.69, 9.17) is 4.98 Å². The van der Waals surface area contributed by atoms with Crippen molar-refractivity contribution in [1.29, 1.82) is 0 Å². The standard InChI is InChI=1S/C20H21N3OS.ClH/c1-13-12-14(10-11-21-13)19(24)22-16-7-3-2-6-15(16)20-23-17-8-4-5-9-18(17)25-20;/h2-9,13-14,21H,10-12H2,1H3,(H,22,24);1H/t13-,14-;/m0./s1. The Balaban J connectivity index is 0.00000196. The van der Waals surface area contributed by atoms with Crippen molar-refractivity contribution in [2.45, 2.75) is 25.8 Å². The van der Waals surface area contributed by atoms with Gasteiger partial charge in [-0.2, -0.15) is 0 Å². The molecule has 6 heteroatoms. The van der Waals surface area contributed by atoms with Gasteiger partial charge in [-0.3, -0.25) is 4.79 Å². The molecule has 0 saturated carbocycles. The van der Waals surface area contributed by atoms with Crippen LogP contribution in [0.5, 0.6) is 0 Å². The molecule has 1 aromatic heterocycles. The first kappa shape index (κ1) is 18.8. The number of thiazole rings is 1. The monoisotopic (exact) mass is 387 g/mol. The highest BCUT2D eigenvalue weighted by Gasteiger charge is 2.25. The van der Waals surface area contributed by atoms with E-state index in [-0.39, 0.29) is 24.2 Å². The van der Waals surface area contributed by atoms with Crippen LogP contribution in [0.4, 0.5) is 5.69 Å². The lowest BCUT2D eigenvalue weighted by atomic mass is 9.92. The van der Waals surface area contributed by atoms with Gasteiger partial charge in [0, 0.05) is 17.5 Å².